The van der Waals surface area contributed by atoms with Gasteiger partial charge in [-0.05, 0) is 30.3 Å². The van der Waals surface area contributed by atoms with Crippen molar-refractivity contribution in [1.29, 1.82) is 0 Å². The molecule has 7 nitrogen and oxygen atoms in total. The zero-order valence-corrected chi connectivity index (χ0v) is 12.8. The van der Waals surface area contributed by atoms with E-state index in [0.717, 1.165) is 5.56 Å². The first-order valence-electron chi connectivity index (χ1n) is 6.68. The fraction of sp³-hybridized carbons (Fsp3) is 0.0667. The molecule has 2 heterocycles. The number of carbonyl (C=O) groups is 1. The van der Waals surface area contributed by atoms with Gasteiger partial charge in [-0.3, -0.25) is 4.79 Å². The summed E-state index contributed by atoms with van der Waals surface area (Å²) in [5, 5.41) is 10.3. The standard InChI is InChI=1S/C15H12ClN5O2/c1-8-13(21-23-20-8)15(22)19-12-7-6-10(14(17)18-12)9-4-2-3-5-11(9)16/h2-7H,1H3,(H3,17,18,19,22). The third kappa shape index (κ3) is 3.00. The second-order valence-electron chi connectivity index (χ2n) is 4.76. The summed E-state index contributed by atoms with van der Waals surface area (Å²) in [5.74, 6) is 0.0812. The van der Waals surface area contributed by atoms with Gasteiger partial charge in [-0.15, -0.1) is 0 Å². The molecule has 0 radical (unpaired) electrons. The fourth-order valence-electron chi connectivity index (χ4n) is 2.06. The summed E-state index contributed by atoms with van der Waals surface area (Å²) >= 11 is 6.16. The average molecular weight is 330 g/mol. The molecular weight excluding hydrogens is 318 g/mol. The van der Waals surface area contributed by atoms with Crippen LogP contribution in [0.15, 0.2) is 41.0 Å². The van der Waals surface area contributed by atoms with Gasteiger partial charge >= 0.3 is 0 Å². The summed E-state index contributed by atoms with van der Waals surface area (Å²) in [6.07, 6.45) is 0. The lowest BCUT2D eigenvalue weighted by Gasteiger charge is -2.09. The zero-order chi connectivity index (χ0) is 16.4. The molecule has 0 saturated carbocycles. The third-order valence-corrected chi connectivity index (χ3v) is 3.53. The molecule has 3 N–H and O–H groups in total. The monoisotopic (exact) mass is 329 g/mol. The molecule has 2 aromatic heterocycles. The van der Waals surface area contributed by atoms with Crippen LogP contribution >= 0.6 is 11.6 Å². The Balaban J connectivity index is 1.87. The SMILES string of the molecule is Cc1nonc1C(=O)Nc1ccc(-c2ccccc2Cl)c(N)n1. The van der Waals surface area contributed by atoms with E-state index < -0.39 is 5.91 Å². The Morgan fingerprint density at radius 1 is 1.17 bits per heavy atom. The highest BCUT2D eigenvalue weighted by atomic mass is 35.5. The van der Waals surface area contributed by atoms with Crippen LogP contribution in [0.5, 0.6) is 0 Å². The van der Waals surface area contributed by atoms with Gasteiger partial charge in [0.15, 0.2) is 5.69 Å². The molecule has 0 aliphatic rings. The van der Waals surface area contributed by atoms with Gasteiger partial charge in [0.25, 0.3) is 5.91 Å². The molecule has 0 spiro atoms. The molecule has 8 heteroatoms. The van der Waals surface area contributed by atoms with Gasteiger partial charge in [0, 0.05) is 16.1 Å². The van der Waals surface area contributed by atoms with Crippen molar-refractivity contribution in [1.82, 2.24) is 15.3 Å². The number of nitrogens with two attached hydrogens (primary N) is 1. The Hall–Kier alpha value is -2.93. The van der Waals surface area contributed by atoms with Crippen molar-refractivity contribution in [3.05, 3.63) is 52.8 Å². The largest absolute Gasteiger partial charge is 0.383 e. The quantitative estimate of drug-likeness (QED) is 0.765. The molecule has 23 heavy (non-hydrogen) atoms. The maximum atomic E-state index is 12.0. The van der Waals surface area contributed by atoms with Crippen LogP contribution in [0.25, 0.3) is 11.1 Å². The number of benzene rings is 1. The Bertz CT molecular complexity index is 878. The van der Waals surface area contributed by atoms with E-state index >= 15 is 0 Å². The summed E-state index contributed by atoms with van der Waals surface area (Å²) in [4.78, 5) is 16.2. The van der Waals surface area contributed by atoms with Crippen LogP contribution in [0.4, 0.5) is 11.6 Å². The van der Waals surface area contributed by atoms with E-state index in [1.807, 2.05) is 18.2 Å². The van der Waals surface area contributed by atoms with Crippen molar-refractivity contribution < 1.29 is 9.42 Å². The molecule has 0 saturated heterocycles. The number of nitrogens with zero attached hydrogens (tertiary/aromatic N) is 3. The van der Waals surface area contributed by atoms with Crippen LogP contribution in [0.1, 0.15) is 16.2 Å². The highest BCUT2D eigenvalue weighted by Crippen LogP contribution is 2.31. The number of hydrogen-bond donors (Lipinski definition) is 2. The lowest BCUT2D eigenvalue weighted by Crippen LogP contribution is -2.15. The number of nitrogens with one attached hydrogen (secondary N) is 1. The summed E-state index contributed by atoms with van der Waals surface area (Å²) in [6.45, 7) is 1.62. The van der Waals surface area contributed by atoms with Crippen molar-refractivity contribution in [3.63, 3.8) is 0 Å². The van der Waals surface area contributed by atoms with Crippen molar-refractivity contribution >= 4 is 29.1 Å². The van der Waals surface area contributed by atoms with Gasteiger partial charge in [0.2, 0.25) is 0 Å². The predicted molar refractivity (Wildman–Crippen MR) is 86.1 cm³/mol. The van der Waals surface area contributed by atoms with Gasteiger partial charge in [-0.25, -0.2) is 9.61 Å². The summed E-state index contributed by atoms with van der Waals surface area (Å²) in [7, 11) is 0. The van der Waals surface area contributed by atoms with Crippen LogP contribution in [0.2, 0.25) is 5.02 Å². The number of carbonyl (C=O) groups excluding carboxylic acids is 1. The van der Waals surface area contributed by atoms with E-state index in [9.17, 15) is 4.79 Å². The Morgan fingerprint density at radius 3 is 2.61 bits per heavy atom. The molecular formula is C15H12ClN5O2. The zero-order valence-electron chi connectivity index (χ0n) is 12.1. The molecule has 1 aromatic carbocycles. The van der Waals surface area contributed by atoms with Crippen molar-refractivity contribution in [2.45, 2.75) is 6.92 Å². The van der Waals surface area contributed by atoms with E-state index in [1.54, 1.807) is 25.1 Å². The number of aromatic nitrogens is 3. The Kier molecular flexibility index (Phi) is 3.94. The molecule has 0 aliphatic heterocycles. The van der Waals surface area contributed by atoms with E-state index in [4.69, 9.17) is 17.3 Å². The number of rotatable bonds is 3. The number of amides is 1. The lowest BCUT2D eigenvalue weighted by molar-refractivity contribution is 0.101. The molecule has 0 atom stereocenters. The van der Waals surface area contributed by atoms with E-state index in [0.29, 0.717) is 22.1 Å². The molecule has 0 unspecified atom stereocenters. The van der Waals surface area contributed by atoms with E-state index in [-0.39, 0.29) is 11.5 Å². The fourth-order valence-corrected chi connectivity index (χ4v) is 2.30. The minimum absolute atomic E-state index is 0.0977. The predicted octanol–water partition coefficient (Wildman–Crippen LogP) is 2.93. The van der Waals surface area contributed by atoms with E-state index in [2.05, 4.69) is 25.2 Å². The number of hydrogen-bond acceptors (Lipinski definition) is 6. The van der Waals surface area contributed by atoms with Crippen LogP contribution in [0, 0.1) is 6.92 Å². The first kappa shape index (κ1) is 15.0. The highest BCUT2D eigenvalue weighted by Gasteiger charge is 2.16. The van der Waals surface area contributed by atoms with Gasteiger partial charge in [0.1, 0.15) is 17.3 Å². The summed E-state index contributed by atoms with van der Waals surface area (Å²) < 4.78 is 4.50. The first-order chi connectivity index (χ1) is 11.1. The maximum Gasteiger partial charge on any atom is 0.281 e. The molecule has 1 amide bonds. The maximum absolute atomic E-state index is 12.0. The van der Waals surface area contributed by atoms with Crippen LogP contribution in [0.3, 0.4) is 0 Å². The van der Waals surface area contributed by atoms with Crippen LogP contribution in [-0.4, -0.2) is 21.2 Å². The van der Waals surface area contributed by atoms with Crippen LogP contribution in [-0.2, 0) is 0 Å². The van der Waals surface area contributed by atoms with Gasteiger partial charge in [0.05, 0.1) is 0 Å². The number of aryl methyl sites for hydroxylation is 1. The Morgan fingerprint density at radius 2 is 1.96 bits per heavy atom. The average Bonchev–Trinajstić information content (AvgIpc) is 2.95. The number of nitrogen functional groups attached to an aromatic ring is 1. The number of pyridine rings is 1. The minimum Gasteiger partial charge on any atom is -0.383 e. The second kappa shape index (κ2) is 6.05. The van der Waals surface area contributed by atoms with E-state index in [1.165, 1.54) is 0 Å². The van der Waals surface area contributed by atoms with Crippen LogP contribution < -0.4 is 11.1 Å². The first-order valence-corrected chi connectivity index (χ1v) is 7.06. The molecule has 0 fully saturated rings. The molecule has 3 rings (SSSR count). The van der Waals surface area contributed by atoms with Crippen molar-refractivity contribution in [2.75, 3.05) is 11.1 Å². The van der Waals surface area contributed by atoms with Crippen molar-refractivity contribution in [3.8, 4) is 11.1 Å². The number of anilines is 2. The van der Waals surface area contributed by atoms with Gasteiger partial charge in [-0.2, -0.15) is 0 Å². The van der Waals surface area contributed by atoms with Gasteiger partial charge < -0.3 is 11.1 Å². The Labute approximate surface area is 136 Å². The minimum atomic E-state index is -0.471. The third-order valence-electron chi connectivity index (χ3n) is 3.20. The number of halogens is 1. The van der Waals surface area contributed by atoms with Crippen molar-refractivity contribution in [2.24, 2.45) is 0 Å². The molecule has 0 aliphatic carbocycles. The van der Waals surface area contributed by atoms with Gasteiger partial charge in [-0.1, -0.05) is 35.0 Å². The molecule has 116 valence electrons. The summed E-state index contributed by atoms with van der Waals surface area (Å²) in [6, 6.07) is 10.7. The highest BCUT2D eigenvalue weighted by molar-refractivity contribution is 6.33. The topological polar surface area (TPSA) is 107 Å². The normalized spacial score (nSPS) is 10.5. The smallest absolute Gasteiger partial charge is 0.281 e. The lowest BCUT2D eigenvalue weighted by atomic mass is 10.1. The summed E-state index contributed by atoms with van der Waals surface area (Å²) in [5.41, 5.74) is 7.93. The molecule has 3 aromatic rings. The second-order valence-corrected chi connectivity index (χ2v) is 5.17. The molecule has 0 bridgehead atoms.